The number of carbonyl (C=O) groups is 3. The molecular weight excluding hydrogens is 528 g/mol. The Morgan fingerprint density at radius 3 is 2.27 bits per heavy atom. The van der Waals surface area contributed by atoms with Gasteiger partial charge in [0.25, 0.3) is 0 Å². The Balaban J connectivity index is 2.00. The molecule has 0 spiro atoms. The van der Waals surface area contributed by atoms with Gasteiger partial charge in [-0.15, -0.1) is 0 Å². The van der Waals surface area contributed by atoms with Crippen LogP contribution in [0.5, 0.6) is 0 Å². The molecule has 0 bridgehead atoms. The second kappa shape index (κ2) is 18.3. The molecule has 0 heterocycles. The first-order valence-electron chi connectivity index (χ1n) is 13.7. The molecule has 2 rings (SSSR count). The minimum absolute atomic E-state index is 0.0641. The molecule has 0 saturated heterocycles. The lowest BCUT2D eigenvalue weighted by Crippen LogP contribution is -2.55. The van der Waals surface area contributed by atoms with Crippen LogP contribution < -0.4 is 21.3 Å². The topological polar surface area (TPSA) is 158 Å². The van der Waals surface area contributed by atoms with Crippen LogP contribution in [0.3, 0.4) is 0 Å². The van der Waals surface area contributed by atoms with Crippen LogP contribution in [0, 0.1) is 5.92 Å². The van der Waals surface area contributed by atoms with Gasteiger partial charge in [-0.1, -0.05) is 69.0 Å². The van der Waals surface area contributed by atoms with Crippen molar-refractivity contribution in [2.75, 3.05) is 18.5 Å². The Labute approximate surface area is 241 Å². The second-order valence-corrected chi connectivity index (χ2v) is 9.80. The summed E-state index contributed by atoms with van der Waals surface area (Å²) >= 11 is 0. The van der Waals surface area contributed by atoms with Crippen LogP contribution in [0.15, 0.2) is 67.3 Å². The third-order valence-electron chi connectivity index (χ3n) is 6.14. The average Bonchev–Trinajstić information content (AvgIpc) is 2.97. The lowest BCUT2D eigenvalue weighted by atomic mass is 10.0. The number of benzene rings is 2. The van der Waals surface area contributed by atoms with Crippen LogP contribution in [-0.4, -0.2) is 59.8 Å². The first-order valence-corrected chi connectivity index (χ1v) is 13.7. The molecule has 0 aliphatic heterocycles. The van der Waals surface area contributed by atoms with E-state index in [2.05, 4.69) is 27.8 Å². The van der Waals surface area contributed by atoms with Gasteiger partial charge in [0.1, 0.15) is 25.5 Å². The van der Waals surface area contributed by atoms with Gasteiger partial charge in [0.15, 0.2) is 0 Å². The van der Waals surface area contributed by atoms with E-state index in [1.165, 1.54) is 6.08 Å². The number of hydrogen-bond acceptors (Lipinski definition) is 8. The molecule has 0 radical (unpaired) electrons. The second-order valence-electron chi connectivity index (χ2n) is 9.80. The quantitative estimate of drug-likeness (QED) is 0.0959. The van der Waals surface area contributed by atoms with Crippen molar-refractivity contribution in [3.63, 3.8) is 0 Å². The standard InChI is InChI=1S/C30H42N4O7/c1-4-18-40-29(38)31-17-9-8-12-25(27(36)32-24-15-13-22(19-35)14-16-24)33-28(37)26(21(2)3)34-30(39)41-20-23-10-6-5-7-11-23/h4-7,10-11,13-16,21,25-27,32,35-36H,1,8-9,12,17-20H2,2-3H3,(H,31,38)(H,33,37)(H,34,39)/t25-,26-,27?/m0/s1. The molecule has 41 heavy (non-hydrogen) atoms. The molecule has 2 aromatic rings. The Morgan fingerprint density at radius 1 is 0.927 bits per heavy atom. The SMILES string of the molecule is C=CCOC(=O)NCCCC[C@H](NC(=O)[C@@H](NC(=O)OCc1ccccc1)C(C)C)C(O)Nc1ccc(CO)cc1. The summed E-state index contributed by atoms with van der Waals surface area (Å²) < 4.78 is 10.2. The summed E-state index contributed by atoms with van der Waals surface area (Å²) in [4.78, 5) is 37.4. The summed E-state index contributed by atoms with van der Waals surface area (Å²) in [6, 6.07) is 14.4. The minimum atomic E-state index is -1.16. The van der Waals surface area contributed by atoms with Gasteiger partial charge in [-0.2, -0.15) is 0 Å². The van der Waals surface area contributed by atoms with Gasteiger partial charge in [-0.3, -0.25) is 4.79 Å². The number of amides is 3. The van der Waals surface area contributed by atoms with Gasteiger partial charge in [0.2, 0.25) is 5.91 Å². The average molecular weight is 571 g/mol. The smallest absolute Gasteiger partial charge is 0.408 e. The number of anilines is 1. The normalized spacial score (nSPS) is 12.9. The third kappa shape index (κ3) is 12.7. The molecule has 2 aromatic carbocycles. The molecule has 3 amide bonds. The van der Waals surface area contributed by atoms with Crippen LogP contribution in [0.1, 0.15) is 44.2 Å². The zero-order chi connectivity index (χ0) is 30.0. The Morgan fingerprint density at radius 2 is 1.63 bits per heavy atom. The zero-order valence-electron chi connectivity index (χ0n) is 23.7. The van der Waals surface area contributed by atoms with E-state index in [-0.39, 0.29) is 25.7 Å². The van der Waals surface area contributed by atoms with Crippen LogP contribution >= 0.6 is 0 Å². The molecule has 0 aromatic heterocycles. The van der Waals surface area contributed by atoms with Gasteiger partial charge in [0.05, 0.1) is 12.6 Å². The minimum Gasteiger partial charge on any atom is -0.445 e. The predicted octanol–water partition coefficient (Wildman–Crippen LogP) is 3.43. The fourth-order valence-electron chi connectivity index (χ4n) is 3.85. The number of nitrogens with one attached hydrogen (secondary N) is 4. The number of unbranched alkanes of at least 4 members (excludes halogenated alkanes) is 1. The monoisotopic (exact) mass is 570 g/mol. The van der Waals surface area contributed by atoms with Gasteiger partial charge in [-0.25, -0.2) is 9.59 Å². The Hall–Kier alpha value is -4.09. The highest BCUT2D eigenvalue weighted by Crippen LogP contribution is 2.14. The van der Waals surface area contributed by atoms with Gasteiger partial charge in [-0.05, 0) is 48.4 Å². The molecule has 11 heteroatoms. The number of hydrogen-bond donors (Lipinski definition) is 6. The molecular formula is C30H42N4O7. The van der Waals surface area contributed by atoms with Crippen molar-refractivity contribution >= 4 is 23.8 Å². The van der Waals surface area contributed by atoms with Gasteiger partial charge >= 0.3 is 12.2 Å². The fraction of sp³-hybridized carbons (Fsp3) is 0.433. The van der Waals surface area contributed by atoms with Crippen LogP contribution in [-0.2, 0) is 27.5 Å². The Kier molecular flexibility index (Phi) is 14.8. The van der Waals surface area contributed by atoms with Crippen LogP contribution in [0.4, 0.5) is 15.3 Å². The van der Waals surface area contributed by atoms with Crippen molar-refractivity contribution in [1.29, 1.82) is 0 Å². The number of aliphatic hydroxyl groups excluding tert-OH is 2. The highest BCUT2D eigenvalue weighted by Gasteiger charge is 2.29. The van der Waals surface area contributed by atoms with E-state index in [9.17, 15) is 24.6 Å². The molecule has 11 nitrogen and oxygen atoms in total. The maximum absolute atomic E-state index is 13.3. The highest BCUT2D eigenvalue weighted by atomic mass is 16.6. The van der Waals surface area contributed by atoms with E-state index < -0.39 is 36.4 Å². The molecule has 3 atom stereocenters. The van der Waals surface area contributed by atoms with E-state index in [1.807, 2.05) is 30.3 Å². The van der Waals surface area contributed by atoms with Crippen molar-refractivity contribution in [2.45, 2.75) is 64.6 Å². The molecule has 0 saturated carbocycles. The summed E-state index contributed by atoms with van der Waals surface area (Å²) in [6.45, 7) is 7.51. The molecule has 0 aliphatic carbocycles. The van der Waals surface area contributed by atoms with Gasteiger partial charge in [0, 0.05) is 12.2 Å². The van der Waals surface area contributed by atoms with E-state index in [0.717, 1.165) is 11.1 Å². The van der Waals surface area contributed by atoms with Crippen molar-refractivity contribution in [3.05, 3.63) is 78.4 Å². The third-order valence-corrected chi connectivity index (χ3v) is 6.14. The first-order chi connectivity index (χ1) is 19.7. The lowest BCUT2D eigenvalue weighted by Gasteiger charge is -2.29. The van der Waals surface area contributed by atoms with Crippen LogP contribution in [0.25, 0.3) is 0 Å². The highest BCUT2D eigenvalue weighted by molar-refractivity contribution is 5.86. The summed E-state index contributed by atoms with van der Waals surface area (Å²) in [7, 11) is 0. The lowest BCUT2D eigenvalue weighted by molar-refractivity contribution is -0.125. The van der Waals surface area contributed by atoms with Gasteiger partial charge < -0.3 is 41.0 Å². The molecule has 0 fully saturated rings. The predicted molar refractivity (Wildman–Crippen MR) is 156 cm³/mol. The Bertz CT molecular complexity index is 1080. The maximum atomic E-state index is 13.3. The number of rotatable bonds is 17. The van der Waals surface area contributed by atoms with E-state index >= 15 is 0 Å². The van der Waals surface area contributed by atoms with Crippen molar-refractivity contribution in [1.82, 2.24) is 16.0 Å². The number of aliphatic hydroxyl groups is 2. The fourth-order valence-corrected chi connectivity index (χ4v) is 3.85. The molecule has 224 valence electrons. The summed E-state index contributed by atoms with van der Waals surface area (Å²) in [6.07, 6.45) is 0.549. The molecule has 6 N–H and O–H groups in total. The van der Waals surface area contributed by atoms with E-state index in [1.54, 1.807) is 38.1 Å². The molecule has 0 aliphatic rings. The summed E-state index contributed by atoms with van der Waals surface area (Å²) in [5.74, 6) is -0.730. The molecule has 1 unspecified atom stereocenters. The van der Waals surface area contributed by atoms with Crippen LogP contribution in [0.2, 0.25) is 0 Å². The van der Waals surface area contributed by atoms with Crippen molar-refractivity contribution < 1.29 is 34.1 Å². The zero-order valence-corrected chi connectivity index (χ0v) is 23.7. The number of carbonyl (C=O) groups excluding carboxylic acids is 3. The van der Waals surface area contributed by atoms with E-state index in [0.29, 0.717) is 31.5 Å². The number of ether oxygens (including phenoxy) is 2. The van der Waals surface area contributed by atoms with Crippen molar-refractivity contribution in [2.24, 2.45) is 5.92 Å². The maximum Gasteiger partial charge on any atom is 0.408 e. The largest absolute Gasteiger partial charge is 0.445 e. The first kappa shape index (κ1) is 33.1. The summed E-state index contributed by atoms with van der Waals surface area (Å²) in [5.41, 5.74) is 2.14. The summed E-state index contributed by atoms with van der Waals surface area (Å²) in [5, 5.41) is 31.4. The number of alkyl carbamates (subject to hydrolysis) is 2. The van der Waals surface area contributed by atoms with Crippen molar-refractivity contribution in [3.8, 4) is 0 Å². The van der Waals surface area contributed by atoms with E-state index in [4.69, 9.17) is 9.47 Å².